The van der Waals surface area contributed by atoms with Gasteiger partial charge in [0.2, 0.25) is 0 Å². The first-order valence-corrected chi connectivity index (χ1v) is 7.07. The predicted molar refractivity (Wildman–Crippen MR) is 89.7 cm³/mol. The second-order valence-corrected chi connectivity index (χ2v) is 4.44. The predicted octanol–water partition coefficient (Wildman–Crippen LogP) is 2.94. The fourth-order valence-corrected chi connectivity index (χ4v) is 1.20. The number of allylic oxidation sites excluding steroid dienone is 6. The number of carbonyl (C=O) groups is 1. The van der Waals surface area contributed by atoms with E-state index in [1.54, 1.807) is 18.2 Å². The average molecular weight is 298 g/mol. The third-order valence-corrected chi connectivity index (χ3v) is 2.11. The minimum atomic E-state index is -0.283. The van der Waals surface area contributed by atoms with Crippen molar-refractivity contribution in [2.45, 2.75) is 26.7 Å². The van der Waals surface area contributed by atoms with Crippen LogP contribution in [0.1, 0.15) is 26.7 Å². The van der Waals surface area contributed by atoms with Gasteiger partial charge in [0, 0.05) is 6.08 Å². The summed E-state index contributed by atoms with van der Waals surface area (Å²) in [4.78, 5) is 11.2. The molecule has 0 fully saturated rings. The highest BCUT2D eigenvalue weighted by atomic mass is 16.5. The van der Waals surface area contributed by atoms with E-state index in [1.807, 2.05) is 32.1 Å². The van der Waals surface area contributed by atoms with Crippen molar-refractivity contribution in [2.75, 3.05) is 13.2 Å². The third-order valence-electron chi connectivity index (χ3n) is 2.11. The average Bonchev–Trinajstić information content (AvgIpc) is 2.47. The first-order valence-electron chi connectivity index (χ1n) is 7.07. The van der Waals surface area contributed by atoms with Gasteiger partial charge >= 0.3 is 5.97 Å². The molecule has 3 nitrogen and oxygen atoms in total. The van der Waals surface area contributed by atoms with E-state index in [1.165, 1.54) is 6.08 Å². The summed E-state index contributed by atoms with van der Waals surface area (Å²) < 4.78 is 5.03. The van der Waals surface area contributed by atoms with E-state index in [4.69, 9.17) is 9.84 Å². The van der Waals surface area contributed by atoms with Crippen molar-refractivity contribution in [3.8, 4) is 23.7 Å². The van der Waals surface area contributed by atoms with Gasteiger partial charge in [-0.3, -0.25) is 0 Å². The van der Waals surface area contributed by atoms with E-state index >= 15 is 0 Å². The van der Waals surface area contributed by atoms with Crippen LogP contribution in [-0.2, 0) is 9.53 Å². The van der Waals surface area contributed by atoms with E-state index in [0.717, 1.165) is 18.4 Å². The molecule has 0 bridgehead atoms. The fraction of sp³-hybridized carbons (Fsp3) is 0.316. The second-order valence-electron chi connectivity index (χ2n) is 4.44. The topological polar surface area (TPSA) is 46.5 Å². The Labute approximate surface area is 133 Å². The maximum absolute atomic E-state index is 11.2. The Bertz CT molecular complexity index is 551. The minimum Gasteiger partial charge on any atom is -0.463 e. The first kappa shape index (κ1) is 19.5. The summed E-state index contributed by atoms with van der Waals surface area (Å²) in [6.07, 6.45) is 13.6. The quantitative estimate of drug-likeness (QED) is 0.258. The normalized spacial score (nSPS) is 10.1. The lowest BCUT2D eigenvalue weighted by Crippen LogP contribution is -2.02. The highest BCUT2D eigenvalue weighted by Crippen LogP contribution is 1.95. The zero-order valence-electron chi connectivity index (χ0n) is 13.1. The summed E-state index contributed by atoms with van der Waals surface area (Å²) >= 11 is 0. The SMILES string of the molecule is CC(C)=CC(=O)OCCCC=CC=CC#CC#CC=CCO. The highest BCUT2D eigenvalue weighted by molar-refractivity contribution is 5.82. The molecule has 0 aliphatic carbocycles. The number of aliphatic hydroxyl groups is 1. The van der Waals surface area contributed by atoms with Crippen molar-refractivity contribution in [1.29, 1.82) is 0 Å². The van der Waals surface area contributed by atoms with Crippen LogP contribution in [0.15, 0.2) is 48.1 Å². The lowest BCUT2D eigenvalue weighted by Gasteiger charge is -1.99. The molecule has 0 saturated heterocycles. The highest BCUT2D eigenvalue weighted by Gasteiger charge is 1.95. The fourth-order valence-electron chi connectivity index (χ4n) is 1.20. The summed E-state index contributed by atoms with van der Waals surface area (Å²) in [5, 5.41) is 8.47. The maximum atomic E-state index is 11.2. The van der Waals surface area contributed by atoms with Gasteiger partial charge in [0.25, 0.3) is 0 Å². The molecule has 0 atom stereocenters. The first-order chi connectivity index (χ1) is 10.7. The molecule has 0 amide bonds. The summed E-state index contributed by atoms with van der Waals surface area (Å²) in [5.74, 6) is 10.4. The Balaban J connectivity index is 3.74. The molecule has 0 rings (SSSR count). The molecule has 0 aromatic heterocycles. The minimum absolute atomic E-state index is 0.0129. The molecule has 0 aromatic carbocycles. The molecule has 0 heterocycles. The number of carbonyl (C=O) groups excluding carboxylic acids is 1. The van der Waals surface area contributed by atoms with Crippen LogP contribution in [0.4, 0.5) is 0 Å². The summed E-state index contributed by atoms with van der Waals surface area (Å²) in [6, 6.07) is 0. The number of ether oxygens (including phenoxy) is 1. The monoisotopic (exact) mass is 298 g/mol. The molecule has 22 heavy (non-hydrogen) atoms. The molecule has 0 unspecified atom stereocenters. The van der Waals surface area contributed by atoms with Crippen LogP contribution in [0.3, 0.4) is 0 Å². The lowest BCUT2D eigenvalue weighted by atomic mass is 10.3. The van der Waals surface area contributed by atoms with Gasteiger partial charge in [-0.1, -0.05) is 41.7 Å². The summed E-state index contributed by atoms with van der Waals surface area (Å²) in [7, 11) is 0. The Kier molecular flexibility index (Phi) is 13.2. The van der Waals surface area contributed by atoms with E-state index in [-0.39, 0.29) is 12.6 Å². The second kappa shape index (κ2) is 14.9. The van der Waals surface area contributed by atoms with Crippen LogP contribution in [0.25, 0.3) is 0 Å². The number of esters is 1. The molecule has 0 radical (unpaired) electrons. The Morgan fingerprint density at radius 1 is 1.09 bits per heavy atom. The zero-order valence-corrected chi connectivity index (χ0v) is 13.1. The van der Waals surface area contributed by atoms with Gasteiger partial charge in [-0.05, 0) is 50.7 Å². The van der Waals surface area contributed by atoms with Gasteiger partial charge < -0.3 is 9.84 Å². The molecular formula is C19H22O3. The standard InChI is InChI=1S/C19H22O3/c1-18(2)17-19(21)22-16-14-12-10-8-6-4-3-5-7-9-11-13-15-20/h4,6,8,10-11,13,17,20H,12,14-16H2,1-2H3. The van der Waals surface area contributed by atoms with E-state index < -0.39 is 0 Å². The van der Waals surface area contributed by atoms with Crippen LogP contribution in [-0.4, -0.2) is 24.3 Å². The van der Waals surface area contributed by atoms with Crippen molar-refractivity contribution in [3.05, 3.63) is 48.1 Å². The Hall–Kier alpha value is -2.49. The molecule has 3 heteroatoms. The Morgan fingerprint density at radius 3 is 2.50 bits per heavy atom. The van der Waals surface area contributed by atoms with E-state index in [0.29, 0.717) is 6.61 Å². The van der Waals surface area contributed by atoms with Crippen LogP contribution in [0.2, 0.25) is 0 Å². The van der Waals surface area contributed by atoms with Crippen LogP contribution >= 0.6 is 0 Å². The van der Waals surface area contributed by atoms with Crippen LogP contribution in [0.5, 0.6) is 0 Å². The number of aliphatic hydroxyl groups excluding tert-OH is 1. The molecule has 0 aromatic rings. The molecule has 0 spiro atoms. The number of hydrogen-bond acceptors (Lipinski definition) is 3. The van der Waals surface area contributed by atoms with Crippen molar-refractivity contribution < 1.29 is 14.6 Å². The molecule has 0 aliphatic heterocycles. The van der Waals surface area contributed by atoms with Gasteiger partial charge in [-0.25, -0.2) is 4.79 Å². The number of rotatable bonds is 7. The van der Waals surface area contributed by atoms with Gasteiger partial charge in [0.1, 0.15) is 0 Å². The van der Waals surface area contributed by atoms with E-state index in [2.05, 4.69) is 23.7 Å². The lowest BCUT2D eigenvalue weighted by molar-refractivity contribution is -0.137. The van der Waals surface area contributed by atoms with Crippen molar-refractivity contribution >= 4 is 5.97 Å². The van der Waals surface area contributed by atoms with Gasteiger partial charge in [-0.15, -0.1) is 0 Å². The smallest absolute Gasteiger partial charge is 0.330 e. The van der Waals surface area contributed by atoms with Crippen molar-refractivity contribution in [3.63, 3.8) is 0 Å². The molecule has 1 N–H and O–H groups in total. The third kappa shape index (κ3) is 15.6. The van der Waals surface area contributed by atoms with Gasteiger partial charge in [-0.2, -0.15) is 0 Å². The number of hydrogen-bond donors (Lipinski definition) is 1. The summed E-state index contributed by atoms with van der Waals surface area (Å²) in [5.41, 5.74) is 0.935. The molecule has 0 aliphatic rings. The number of unbranched alkanes of at least 4 members (excludes halogenated alkanes) is 1. The van der Waals surface area contributed by atoms with Crippen LogP contribution in [0, 0.1) is 23.7 Å². The Morgan fingerprint density at radius 2 is 1.82 bits per heavy atom. The van der Waals surface area contributed by atoms with Crippen molar-refractivity contribution in [2.24, 2.45) is 0 Å². The van der Waals surface area contributed by atoms with Crippen molar-refractivity contribution in [1.82, 2.24) is 0 Å². The zero-order chi connectivity index (χ0) is 16.5. The van der Waals surface area contributed by atoms with Gasteiger partial charge in [0.15, 0.2) is 0 Å². The summed E-state index contributed by atoms with van der Waals surface area (Å²) in [6.45, 7) is 4.13. The van der Waals surface area contributed by atoms with E-state index in [9.17, 15) is 4.79 Å². The largest absolute Gasteiger partial charge is 0.463 e. The maximum Gasteiger partial charge on any atom is 0.330 e. The van der Waals surface area contributed by atoms with Gasteiger partial charge in [0.05, 0.1) is 13.2 Å². The van der Waals surface area contributed by atoms with Crippen LogP contribution < -0.4 is 0 Å². The molecule has 0 saturated carbocycles. The molecular weight excluding hydrogens is 276 g/mol. The molecule has 116 valence electrons.